The highest BCUT2D eigenvalue weighted by Crippen LogP contribution is 2.39. The van der Waals surface area contributed by atoms with Crippen LogP contribution in [-0.4, -0.2) is 48.5 Å². The number of likely N-dealkylation sites (tertiary alicyclic amines) is 1. The average Bonchev–Trinajstić information content (AvgIpc) is 2.73. The summed E-state index contributed by atoms with van der Waals surface area (Å²) in [5, 5.41) is 11.3. The van der Waals surface area contributed by atoms with Crippen LogP contribution in [0.2, 0.25) is 0 Å². The lowest BCUT2D eigenvalue weighted by Crippen LogP contribution is -2.46. The molecule has 0 atom stereocenters. The number of carbonyl (C=O) groups is 1. The van der Waals surface area contributed by atoms with E-state index < -0.39 is 11.2 Å². The molecule has 2 aromatic rings. The van der Waals surface area contributed by atoms with Crippen molar-refractivity contribution >= 4 is 6.09 Å². The fraction of sp³-hybridized carbons (Fsp3) is 0.480. The van der Waals surface area contributed by atoms with Crippen molar-refractivity contribution in [3.05, 3.63) is 48.0 Å². The Morgan fingerprint density at radius 2 is 1.84 bits per heavy atom. The van der Waals surface area contributed by atoms with Crippen molar-refractivity contribution in [3.63, 3.8) is 0 Å². The molecular weight excluding hydrogens is 394 g/mol. The monoisotopic (exact) mass is 427 g/mol. The summed E-state index contributed by atoms with van der Waals surface area (Å²) < 4.78 is 16.7. The maximum Gasteiger partial charge on any atom is 0.410 e. The van der Waals surface area contributed by atoms with Crippen molar-refractivity contribution in [1.29, 1.82) is 0 Å². The van der Waals surface area contributed by atoms with Gasteiger partial charge < -0.3 is 24.2 Å². The molecular formula is C25H33NO5. The second kappa shape index (κ2) is 9.18. The summed E-state index contributed by atoms with van der Waals surface area (Å²) in [6.45, 7) is 8.98. The number of aliphatic hydroxyl groups is 1. The molecule has 168 valence electrons. The molecule has 1 saturated heterocycles. The summed E-state index contributed by atoms with van der Waals surface area (Å²) in [7, 11) is 1.63. The maximum atomic E-state index is 12.3. The highest BCUT2D eigenvalue weighted by atomic mass is 16.6. The number of benzene rings is 2. The third-order valence-electron chi connectivity index (χ3n) is 5.44. The number of carbonyl (C=O) groups excluding carboxylic acids is 1. The molecule has 1 N–H and O–H groups in total. The molecule has 0 aromatic heterocycles. The fourth-order valence-electron chi connectivity index (χ4n) is 3.81. The van der Waals surface area contributed by atoms with Crippen LogP contribution in [0.4, 0.5) is 4.79 Å². The minimum Gasteiger partial charge on any atom is -0.496 e. The molecule has 2 aromatic carbocycles. The van der Waals surface area contributed by atoms with Gasteiger partial charge in [0.15, 0.2) is 0 Å². The Morgan fingerprint density at radius 3 is 2.45 bits per heavy atom. The first-order valence-electron chi connectivity index (χ1n) is 10.8. The molecule has 0 spiro atoms. The number of nitrogens with zero attached hydrogens (tertiary/aromatic N) is 1. The number of hydrogen-bond acceptors (Lipinski definition) is 5. The van der Waals surface area contributed by atoms with E-state index in [4.69, 9.17) is 14.2 Å². The third kappa shape index (κ3) is 5.50. The molecule has 0 aliphatic carbocycles. The first kappa shape index (κ1) is 22.9. The Labute approximate surface area is 184 Å². The Hall–Kier alpha value is -2.73. The summed E-state index contributed by atoms with van der Waals surface area (Å²) in [6, 6.07) is 13.7. The van der Waals surface area contributed by atoms with E-state index in [1.54, 1.807) is 12.0 Å². The highest BCUT2D eigenvalue weighted by molar-refractivity contribution is 5.72. The largest absolute Gasteiger partial charge is 0.496 e. The Morgan fingerprint density at radius 1 is 1.13 bits per heavy atom. The SMILES string of the molecule is CCOc1cccc(-c2ccc(C3(O)CCN(C(=O)OC(C)(C)C)CC3)cc2OC)c1. The normalized spacial score (nSPS) is 16.0. The number of rotatable bonds is 5. The van der Waals surface area contributed by atoms with E-state index >= 15 is 0 Å². The summed E-state index contributed by atoms with van der Waals surface area (Å²) in [4.78, 5) is 14.0. The fourth-order valence-corrected chi connectivity index (χ4v) is 3.81. The van der Waals surface area contributed by atoms with E-state index in [1.807, 2.05) is 70.2 Å². The predicted molar refractivity (Wildman–Crippen MR) is 121 cm³/mol. The smallest absolute Gasteiger partial charge is 0.410 e. The number of hydrogen-bond donors (Lipinski definition) is 1. The van der Waals surface area contributed by atoms with Crippen LogP contribution in [0.15, 0.2) is 42.5 Å². The van der Waals surface area contributed by atoms with Gasteiger partial charge in [0.2, 0.25) is 0 Å². The molecule has 0 radical (unpaired) electrons. The number of ether oxygens (including phenoxy) is 3. The second-order valence-corrected chi connectivity index (χ2v) is 8.87. The van der Waals surface area contributed by atoms with Crippen molar-refractivity contribution in [3.8, 4) is 22.6 Å². The minimum atomic E-state index is -1.02. The molecule has 0 unspecified atom stereocenters. The van der Waals surface area contributed by atoms with Gasteiger partial charge in [-0.2, -0.15) is 0 Å². The van der Waals surface area contributed by atoms with E-state index in [9.17, 15) is 9.90 Å². The van der Waals surface area contributed by atoms with Crippen LogP contribution in [0.5, 0.6) is 11.5 Å². The van der Waals surface area contributed by atoms with E-state index in [2.05, 4.69) is 0 Å². The van der Waals surface area contributed by atoms with Crippen molar-refractivity contribution < 1.29 is 24.1 Å². The zero-order chi connectivity index (χ0) is 22.6. The van der Waals surface area contributed by atoms with Gasteiger partial charge in [0.25, 0.3) is 0 Å². The van der Waals surface area contributed by atoms with Gasteiger partial charge in [-0.1, -0.05) is 24.3 Å². The molecule has 0 bridgehead atoms. The van der Waals surface area contributed by atoms with Crippen LogP contribution in [-0.2, 0) is 10.3 Å². The van der Waals surface area contributed by atoms with Gasteiger partial charge in [-0.25, -0.2) is 4.79 Å². The predicted octanol–water partition coefficient (Wildman–Crippen LogP) is 4.98. The van der Waals surface area contributed by atoms with Gasteiger partial charge in [0.05, 0.1) is 19.3 Å². The molecule has 0 saturated carbocycles. The van der Waals surface area contributed by atoms with Crippen LogP contribution in [0.1, 0.15) is 46.1 Å². The van der Waals surface area contributed by atoms with Crippen LogP contribution in [0.3, 0.4) is 0 Å². The van der Waals surface area contributed by atoms with Crippen LogP contribution >= 0.6 is 0 Å². The van der Waals surface area contributed by atoms with E-state index in [0.717, 1.165) is 22.4 Å². The Balaban J connectivity index is 1.78. The standard InChI is InChI=1S/C25H33NO5/c1-6-30-20-9-7-8-18(16-20)21-11-10-19(17-22(21)29-5)25(28)12-14-26(15-13-25)23(27)31-24(2,3)4/h7-11,16-17,28H,6,12-15H2,1-5H3. The maximum absolute atomic E-state index is 12.3. The van der Waals surface area contributed by atoms with E-state index in [-0.39, 0.29) is 6.09 Å². The molecule has 6 nitrogen and oxygen atoms in total. The minimum absolute atomic E-state index is 0.336. The summed E-state index contributed by atoms with van der Waals surface area (Å²) in [5.41, 5.74) is 1.16. The zero-order valence-electron chi connectivity index (χ0n) is 19.1. The highest BCUT2D eigenvalue weighted by Gasteiger charge is 2.37. The van der Waals surface area contributed by atoms with Gasteiger partial charge >= 0.3 is 6.09 Å². The topological polar surface area (TPSA) is 68.2 Å². The van der Waals surface area contributed by atoms with Gasteiger partial charge in [0, 0.05) is 18.7 Å². The van der Waals surface area contributed by atoms with Gasteiger partial charge in [-0.15, -0.1) is 0 Å². The van der Waals surface area contributed by atoms with Crippen LogP contribution in [0.25, 0.3) is 11.1 Å². The molecule has 1 aliphatic heterocycles. The van der Waals surface area contributed by atoms with Gasteiger partial charge in [-0.05, 0) is 69.9 Å². The Kier molecular flexibility index (Phi) is 6.80. The lowest BCUT2D eigenvalue weighted by atomic mass is 9.83. The van der Waals surface area contributed by atoms with Gasteiger partial charge in [-0.3, -0.25) is 0 Å². The second-order valence-electron chi connectivity index (χ2n) is 8.87. The van der Waals surface area contributed by atoms with Crippen molar-refractivity contribution in [2.75, 3.05) is 26.8 Å². The number of piperidine rings is 1. The van der Waals surface area contributed by atoms with Gasteiger partial charge in [0.1, 0.15) is 17.1 Å². The molecule has 6 heteroatoms. The van der Waals surface area contributed by atoms with Crippen molar-refractivity contribution in [2.24, 2.45) is 0 Å². The lowest BCUT2D eigenvalue weighted by Gasteiger charge is -2.39. The zero-order valence-corrected chi connectivity index (χ0v) is 19.1. The molecule has 1 fully saturated rings. The lowest BCUT2D eigenvalue weighted by molar-refractivity contribution is -0.0357. The molecule has 1 heterocycles. The van der Waals surface area contributed by atoms with E-state index in [0.29, 0.717) is 38.3 Å². The van der Waals surface area contributed by atoms with Crippen LogP contribution < -0.4 is 9.47 Å². The van der Waals surface area contributed by atoms with Crippen molar-refractivity contribution in [1.82, 2.24) is 4.90 Å². The summed E-state index contributed by atoms with van der Waals surface area (Å²) >= 11 is 0. The third-order valence-corrected chi connectivity index (χ3v) is 5.44. The van der Waals surface area contributed by atoms with E-state index in [1.165, 1.54) is 0 Å². The quantitative estimate of drug-likeness (QED) is 0.729. The van der Waals surface area contributed by atoms with Crippen molar-refractivity contribution in [2.45, 2.75) is 51.7 Å². The number of methoxy groups -OCH3 is 1. The summed E-state index contributed by atoms with van der Waals surface area (Å²) in [5.74, 6) is 1.49. The molecule has 1 amide bonds. The first-order chi connectivity index (χ1) is 14.6. The van der Waals surface area contributed by atoms with Crippen LogP contribution in [0, 0.1) is 0 Å². The molecule has 31 heavy (non-hydrogen) atoms. The molecule has 1 aliphatic rings. The summed E-state index contributed by atoms with van der Waals surface area (Å²) in [6.07, 6.45) is 0.542. The Bertz CT molecular complexity index is 910. The molecule has 3 rings (SSSR count). The first-order valence-corrected chi connectivity index (χ1v) is 10.8. The average molecular weight is 428 g/mol. The number of amides is 1.